The van der Waals surface area contributed by atoms with Crippen LogP contribution in [-0.2, 0) is 6.42 Å². The number of guanidine groups is 1. The third kappa shape index (κ3) is 5.60. The minimum atomic E-state index is 0.595. The van der Waals surface area contributed by atoms with Crippen LogP contribution in [0.25, 0.3) is 0 Å². The molecule has 1 aliphatic heterocycles. The molecule has 0 aliphatic carbocycles. The molecule has 0 saturated carbocycles. The van der Waals surface area contributed by atoms with Gasteiger partial charge in [0.1, 0.15) is 0 Å². The molecular formula is C21H28ClN5. The Morgan fingerprint density at radius 3 is 2.96 bits per heavy atom. The standard InChI is InChI=1S/C21H28ClN5/c1-16-6-7-18(22)13-20(16)27-12-9-17(15-27)14-26-21(23-2)25-11-8-19-5-3-4-10-24-19/h3-7,10,13,17H,8-9,11-12,14-15H2,1-2H3,(H2,23,25,26). The number of nitrogens with zero attached hydrogens (tertiary/aromatic N) is 3. The van der Waals surface area contributed by atoms with Crippen LogP contribution in [0.5, 0.6) is 0 Å². The lowest BCUT2D eigenvalue weighted by Crippen LogP contribution is -2.41. The van der Waals surface area contributed by atoms with E-state index in [1.54, 1.807) is 0 Å². The first kappa shape index (κ1) is 19.5. The van der Waals surface area contributed by atoms with Gasteiger partial charge in [0.15, 0.2) is 5.96 Å². The molecule has 5 nitrogen and oxygen atoms in total. The summed E-state index contributed by atoms with van der Waals surface area (Å²) in [5.41, 5.74) is 3.62. The molecule has 0 spiro atoms. The zero-order valence-corrected chi connectivity index (χ0v) is 16.8. The molecule has 6 heteroatoms. The molecule has 2 heterocycles. The van der Waals surface area contributed by atoms with E-state index in [0.717, 1.165) is 49.3 Å². The quantitative estimate of drug-likeness (QED) is 0.592. The number of nitrogens with one attached hydrogen (secondary N) is 2. The van der Waals surface area contributed by atoms with E-state index >= 15 is 0 Å². The molecule has 0 amide bonds. The van der Waals surface area contributed by atoms with Crippen molar-refractivity contribution in [2.75, 3.05) is 38.1 Å². The highest BCUT2D eigenvalue weighted by Gasteiger charge is 2.23. The Kier molecular flexibility index (Phi) is 6.93. The SMILES string of the molecule is CN=C(NCCc1ccccn1)NCC1CCN(c2cc(Cl)ccc2C)C1. The van der Waals surface area contributed by atoms with E-state index in [9.17, 15) is 0 Å². The molecule has 1 aliphatic rings. The van der Waals surface area contributed by atoms with Crippen molar-refractivity contribution in [3.63, 3.8) is 0 Å². The average Bonchev–Trinajstić information content (AvgIpc) is 3.16. The monoisotopic (exact) mass is 385 g/mol. The third-order valence-corrected chi connectivity index (χ3v) is 5.21. The van der Waals surface area contributed by atoms with Crippen molar-refractivity contribution in [1.82, 2.24) is 15.6 Å². The van der Waals surface area contributed by atoms with Gasteiger partial charge in [-0.2, -0.15) is 0 Å². The molecule has 0 radical (unpaired) electrons. The molecule has 1 aromatic heterocycles. The predicted octanol–water partition coefficient (Wildman–Crippen LogP) is 3.28. The lowest BCUT2D eigenvalue weighted by atomic mass is 10.1. The summed E-state index contributed by atoms with van der Waals surface area (Å²) in [6.07, 6.45) is 3.88. The normalized spacial score (nSPS) is 17.2. The van der Waals surface area contributed by atoms with Crippen LogP contribution in [0, 0.1) is 12.8 Å². The third-order valence-electron chi connectivity index (χ3n) is 4.98. The van der Waals surface area contributed by atoms with Gasteiger partial charge in [-0.15, -0.1) is 0 Å². The maximum Gasteiger partial charge on any atom is 0.190 e. The fourth-order valence-corrected chi connectivity index (χ4v) is 3.62. The highest BCUT2D eigenvalue weighted by Crippen LogP contribution is 2.29. The van der Waals surface area contributed by atoms with E-state index in [2.05, 4.69) is 44.6 Å². The Balaban J connectivity index is 1.43. The molecule has 144 valence electrons. The summed E-state index contributed by atoms with van der Waals surface area (Å²) in [7, 11) is 1.81. The van der Waals surface area contributed by atoms with Crippen LogP contribution in [0.3, 0.4) is 0 Å². The van der Waals surface area contributed by atoms with Crippen LogP contribution in [-0.4, -0.2) is 44.2 Å². The van der Waals surface area contributed by atoms with Gasteiger partial charge in [-0.05, 0) is 49.1 Å². The second kappa shape index (κ2) is 9.60. The topological polar surface area (TPSA) is 52.6 Å². The Morgan fingerprint density at radius 2 is 2.19 bits per heavy atom. The number of aryl methyl sites for hydroxylation is 1. The Hall–Kier alpha value is -2.27. The van der Waals surface area contributed by atoms with Crippen LogP contribution >= 0.6 is 11.6 Å². The van der Waals surface area contributed by atoms with Gasteiger partial charge < -0.3 is 15.5 Å². The molecule has 1 aromatic carbocycles. The van der Waals surface area contributed by atoms with Gasteiger partial charge in [-0.1, -0.05) is 23.7 Å². The summed E-state index contributed by atoms with van der Waals surface area (Å²) >= 11 is 6.18. The number of benzene rings is 1. The van der Waals surface area contributed by atoms with Gasteiger partial charge >= 0.3 is 0 Å². The van der Waals surface area contributed by atoms with Gasteiger partial charge in [0, 0.05) is 62.2 Å². The zero-order valence-electron chi connectivity index (χ0n) is 16.1. The maximum absolute atomic E-state index is 6.18. The molecule has 2 N–H and O–H groups in total. The lowest BCUT2D eigenvalue weighted by molar-refractivity contribution is 0.565. The van der Waals surface area contributed by atoms with Gasteiger partial charge in [0.05, 0.1) is 0 Å². The first-order valence-corrected chi connectivity index (χ1v) is 9.89. The number of hydrogen-bond acceptors (Lipinski definition) is 3. The predicted molar refractivity (Wildman–Crippen MR) is 114 cm³/mol. The summed E-state index contributed by atoms with van der Waals surface area (Å²) in [4.78, 5) is 11.1. The van der Waals surface area contributed by atoms with Crippen molar-refractivity contribution in [3.05, 3.63) is 58.9 Å². The van der Waals surface area contributed by atoms with Gasteiger partial charge in [-0.3, -0.25) is 9.98 Å². The van der Waals surface area contributed by atoms with Crippen molar-refractivity contribution in [1.29, 1.82) is 0 Å². The number of anilines is 1. The molecule has 1 unspecified atom stereocenters. The van der Waals surface area contributed by atoms with Crippen LogP contribution < -0.4 is 15.5 Å². The molecule has 3 rings (SSSR count). The molecule has 1 fully saturated rings. The van der Waals surface area contributed by atoms with Crippen molar-refractivity contribution in [3.8, 4) is 0 Å². The number of rotatable bonds is 6. The fraction of sp³-hybridized carbons (Fsp3) is 0.429. The maximum atomic E-state index is 6.18. The minimum Gasteiger partial charge on any atom is -0.371 e. The Bertz CT molecular complexity index is 762. The number of pyridine rings is 1. The summed E-state index contributed by atoms with van der Waals surface area (Å²) in [5, 5.41) is 7.63. The number of hydrogen-bond donors (Lipinski definition) is 2. The molecule has 1 saturated heterocycles. The van der Waals surface area contributed by atoms with Crippen LogP contribution in [0.2, 0.25) is 5.02 Å². The number of aliphatic imine (C=N–C) groups is 1. The van der Waals surface area contributed by atoms with Crippen molar-refractivity contribution in [2.24, 2.45) is 10.9 Å². The van der Waals surface area contributed by atoms with E-state index in [0.29, 0.717) is 5.92 Å². The van der Waals surface area contributed by atoms with E-state index in [1.807, 2.05) is 37.5 Å². The van der Waals surface area contributed by atoms with Gasteiger partial charge in [-0.25, -0.2) is 0 Å². The Morgan fingerprint density at radius 1 is 1.30 bits per heavy atom. The second-order valence-corrected chi connectivity index (χ2v) is 7.42. The fourth-order valence-electron chi connectivity index (χ4n) is 3.46. The summed E-state index contributed by atoms with van der Waals surface area (Å²) < 4.78 is 0. The van der Waals surface area contributed by atoms with E-state index in [-0.39, 0.29) is 0 Å². The first-order valence-electron chi connectivity index (χ1n) is 9.51. The minimum absolute atomic E-state index is 0.595. The summed E-state index contributed by atoms with van der Waals surface area (Å²) in [6, 6.07) is 12.1. The summed E-state index contributed by atoms with van der Waals surface area (Å²) in [6.45, 7) is 5.98. The number of aromatic nitrogens is 1. The van der Waals surface area contributed by atoms with Gasteiger partial charge in [0.2, 0.25) is 0 Å². The van der Waals surface area contributed by atoms with Crippen LogP contribution in [0.1, 0.15) is 17.7 Å². The molecule has 2 aromatic rings. The molecule has 27 heavy (non-hydrogen) atoms. The van der Waals surface area contributed by atoms with Crippen molar-refractivity contribution < 1.29 is 0 Å². The Labute approximate surface area is 166 Å². The molecule has 1 atom stereocenters. The number of halogens is 1. The van der Waals surface area contributed by atoms with Crippen LogP contribution in [0.4, 0.5) is 5.69 Å². The second-order valence-electron chi connectivity index (χ2n) is 6.98. The highest BCUT2D eigenvalue weighted by molar-refractivity contribution is 6.30. The van der Waals surface area contributed by atoms with E-state index in [1.165, 1.54) is 17.7 Å². The molecular weight excluding hydrogens is 358 g/mol. The largest absolute Gasteiger partial charge is 0.371 e. The first-order chi connectivity index (χ1) is 13.2. The smallest absolute Gasteiger partial charge is 0.190 e. The summed E-state index contributed by atoms with van der Waals surface area (Å²) in [5.74, 6) is 1.45. The van der Waals surface area contributed by atoms with Crippen molar-refractivity contribution >= 4 is 23.2 Å². The highest BCUT2D eigenvalue weighted by atomic mass is 35.5. The zero-order chi connectivity index (χ0) is 19.1. The van der Waals surface area contributed by atoms with Crippen LogP contribution in [0.15, 0.2) is 47.6 Å². The average molecular weight is 386 g/mol. The lowest BCUT2D eigenvalue weighted by Gasteiger charge is -2.21. The molecule has 0 bridgehead atoms. The van der Waals surface area contributed by atoms with Gasteiger partial charge in [0.25, 0.3) is 0 Å². The van der Waals surface area contributed by atoms with Crippen molar-refractivity contribution in [2.45, 2.75) is 19.8 Å². The van der Waals surface area contributed by atoms with E-state index < -0.39 is 0 Å². The van der Waals surface area contributed by atoms with E-state index in [4.69, 9.17) is 11.6 Å².